The molecular formula is C16H28ClN3O3. The van der Waals surface area contributed by atoms with Gasteiger partial charge >= 0.3 is 0 Å². The van der Waals surface area contributed by atoms with E-state index < -0.39 is 6.04 Å². The third kappa shape index (κ3) is 7.16. The van der Waals surface area contributed by atoms with Gasteiger partial charge in [-0.25, -0.2) is 0 Å². The molecule has 2 amide bonds. The van der Waals surface area contributed by atoms with Crippen LogP contribution in [-0.2, 0) is 14.3 Å². The summed E-state index contributed by atoms with van der Waals surface area (Å²) in [5, 5.41) is 3.13. The number of hydrogen-bond acceptors (Lipinski definition) is 4. The lowest BCUT2D eigenvalue weighted by Crippen LogP contribution is -2.57. The molecule has 7 heteroatoms. The van der Waals surface area contributed by atoms with E-state index >= 15 is 0 Å². The summed E-state index contributed by atoms with van der Waals surface area (Å²) in [5.41, 5.74) is 0. The first-order chi connectivity index (χ1) is 10.6. The Hall–Kier alpha value is -1.37. The fraction of sp³-hybridized carbons (Fsp3) is 0.625. The quantitative estimate of drug-likeness (QED) is 0.471. The normalized spacial score (nSPS) is 17.3. The van der Waals surface area contributed by atoms with Crippen molar-refractivity contribution in [2.45, 2.75) is 19.4 Å². The van der Waals surface area contributed by atoms with Crippen molar-refractivity contribution in [1.82, 2.24) is 15.1 Å². The summed E-state index contributed by atoms with van der Waals surface area (Å²) in [6.45, 7) is 13.2. The van der Waals surface area contributed by atoms with Crippen molar-refractivity contribution < 1.29 is 14.3 Å². The average molecular weight is 346 g/mol. The van der Waals surface area contributed by atoms with Crippen LogP contribution in [0.5, 0.6) is 0 Å². The molecule has 0 aromatic rings. The van der Waals surface area contributed by atoms with Crippen molar-refractivity contribution in [3.63, 3.8) is 0 Å². The van der Waals surface area contributed by atoms with E-state index in [0.29, 0.717) is 45.9 Å². The second-order valence-electron chi connectivity index (χ2n) is 5.11. The first-order valence-electron chi connectivity index (χ1n) is 7.73. The highest BCUT2D eigenvalue weighted by Crippen LogP contribution is 2.08. The number of ether oxygens (including phenoxy) is 1. The van der Waals surface area contributed by atoms with Crippen molar-refractivity contribution in [3.05, 3.63) is 25.3 Å². The van der Waals surface area contributed by atoms with E-state index in [2.05, 4.69) is 18.5 Å². The van der Waals surface area contributed by atoms with E-state index in [9.17, 15) is 9.59 Å². The lowest BCUT2D eigenvalue weighted by molar-refractivity contribution is -0.141. The Morgan fingerprint density at radius 1 is 1.43 bits per heavy atom. The van der Waals surface area contributed by atoms with Crippen LogP contribution in [0.15, 0.2) is 25.3 Å². The van der Waals surface area contributed by atoms with Crippen molar-refractivity contribution in [2.75, 3.05) is 45.9 Å². The maximum atomic E-state index is 12.4. The summed E-state index contributed by atoms with van der Waals surface area (Å²) in [5.74, 6) is -0.103. The minimum atomic E-state index is -0.458. The molecule has 132 valence electrons. The summed E-state index contributed by atoms with van der Waals surface area (Å²) in [6, 6.07) is -0.458. The van der Waals surface area contributed by atoms with Crippen LogP contribution < -0.4 is 5.32 Å². The number of hydrogen-bond donors (Lipinski definition) is 1. The lowest BCUT2D eigenvalue weighted by atomic mass is 10.1. The zero-order chi connectivity index (χ0) is 16.4. The Morgan fingerprint density at radius 2 is 2.09 bits per heavy atom. The molecule has 1 unspecified atom stereocenters. The highest BCUT2D eigenvalue weighted by atomic mass is 35.5. The molecular weight excluding hydrogens is 318 g/mol. The molecule has 1 atom stereocenters. The van der Waals surface area contributed by atoms with Crippen LogP contribution in [0, 0.1) is 0 Å². The van der Waals surface area contributed by atoms with Crippen molar-refractivity contribution in [3.8, 4) is 0 Å². The Labute approximate surface area is 144 Å². The molecule has 0 bridgehead atoms. The zero-order valence-corrected chi connectivity index (χ0v) is 14.6. The van der Waals surface area contributed by atoms with Gasteiger partial charge in [-0.1, -0.05) is 12.2 Å². The van der Waals surface area contributed by atoms with Crippen LogP contribution in [0.3, 0.4) is 0 Å². The highest BCUT2D eigenvalue weighted by Gasteiger charge is 2.30. The summed E-state index contributed by atoms with van der Waals surface area (Å²) in [6.07, 6.45) is 3.50. The molecule has 0 aromatic carbocycles. The molecule has 6 nitrogen and oxygen atoms in total. The van der Waals surface area contributed by atoms with Crippen LogP contribution in [0.1, 0.15) is 13.3 Å². The van der Waals surface area contributed by atoms with Gasteiger partial charge in [-0.3, -0.25) is 9.59 Å². The smallest absolute Gasteiger partial charge is 0.240 e. The van der Waals surface area contributed by atoms with E-state index in [4.69, 9.17) is 4.74 Å². The second-order valence-corrected chi connectivity index (χ2v) is 5.11. The molecule has 0 saturated carbocycles. The number of carbonyl (C=O) groups excluding carboxylic acids is 2. The summed E-state index contributed by atoms with van der Waals surface area (Å²) in [7, 11) is 0. The van der Waals surface area contributed by atoms with Gasteiger partial charge in [0.25, 0.3) is 0 Å². The van der Waals surface area contributed by atoms with E-state index in [1.165, 1.54) is 0 Å². The predicted molar refractivity (Wildman–Crippen MR) is 93.7 cm³/mol. The average Bonchev–Trinajstić information content (AvgIpc) is 2.51. The van der Waals surface area contributed by atoms with Gasteiger partial charge in [-0.15, -0.1) is 25.6 Å². The Kier molecular flexibility index (Phi) is 11.4. The first-order valence-corrected chi connectivity index (χ1v) is 7.73. The van der Waals surface area contributed by atoms with Crippen LogP contribution in [0.2, 0.25) is 0 Å². The maximum absolute atomic E-state index is 12.4. The lowest BCUT2D eigenvalue weighted by Gasteiger charge is -2.33. The SMILES string of the molecule is C=CCN(CC=C)C(=O)CC1NCCN(CCOCC)C1=O.Cl. The van der Waals surface area contributed by atoms with Gasteiger partial charge in [0.2, 0.25) is 11.8 Å². The molecule has 1 rings (SSSR count). The van der Waals surface area contributed by atoms with Gasteiger partial charge in [-0.2, -0.15) is 0 Å². The number of rotatable bonds is 10. The number of piperazine rings is 1. The summed E-state index contributed by atoms with van der Waals surface area (Å²) in [4.78, 5) is 28.1. The standard InChI is InChI=1S/C16H27N3O3.ClH/c1-4-8-18(9-5-2)15(20)13-14-16(21)19(10-7-17-14)11-12-22-6-3;/h4-5,14,17H,1-2,6-13H2,3H3;1H. The van der Waals surface area contributed by atoms with E-state index in [-0.39, 0.29) is 30.6 Å². The van der Waals surface area contributed by atoms with Crippen LogP contribution in [0.25, 0.3) is 0 Å². The fourth-order valence-electron chi connectivity index (χ4n) is 2.39. The molecule has 1 fully saturated rings. The molecule has 0 aliphatic carbocycles. The Morgan fingerprint density at radius 3 is 2.65 bits per heavy atom. The topological polar surface area (TPSA) is 61.9 Å². The van der Waals surface area contributed by atoms with Gasteiger partial charge in [0.15, 0.2) is 0 Å². The predicted octanol–water partition coefficient (Wildman–Crippen LogP) is 0.836. The third-order valence-corrected chi connectivity index (χ3v) is 3.52. The van der Waals surface area contributed by atoms with E-state index in [1.807, 2.05) is 6.92 Å². The molecule has 1 aliphatic rings. The van der Waals surface area contributed by atoms with Gasteiger partial charge in [0.1, 0.15) is 0 Å². The minimum absolute atomic E-state index is 0. The molecule has 0 aromatic heterocycles. The molecule has 1 saturated heterocycles. The fourth-order valence-corrected chi connectivity index (χ4v) is 2.39. The van der Waals surface area contributed by atoms with Gasteiger partial charge in [0.05, 0.1) is 19.1 Å². The third-order valence-electron chi connectivity index (χ3n) is 3.52. The van der Waals surface area contributed by atoms with Gasteiger partial charge in [-0.05, 0) is 6.92 Å². The van der Waals surface area contributed by atoms with Crippen LogP contribution in [-0.4, -0.2) is 73.6 Å². The number of nitrogens with one attached hydrogen (secondary N) is 1. The zero-order valence-electron chi connectivity index (χ0n) is 13.8. The number of halogens is 1. The van der Waals surface area contributed by atoms with Crippen LogP contribution in [0.4, 0.5) is 0 Å². The number of amides is 2. The van der Waals surface area contributed by atoms with E-state index in [0.717, 1.165) is 0 Å². The first kappa shape index (κ1) is 21.6. The van der Waals surface area contributed by atoms with E-state index in [1.54, 1.807) is 22.0 Å². The monoisotopic (exact) mass is 345 g/mol. The van der Waals surface area contributed by atoms with Crippen molar-refractivity contribution >= 4 is 24.2 Å². The molecule has 1 N–H and O–H groups in total. The summed E-state index contributed by atoms with van der Waals surface area (Å²) >= 11 is 0. The summed E-state index contributed by atoms with van der Waals surface area (Å²) < 4.78 is 5.29. The van der Waals surface area contributed by atoms with Gasteiger partial charge in [0, 0.05) is 39.3 Å². The Balaban J connectivity index is 0.00000484. The van der Waals surface area contributed by atoms with Crippen molar-refractivity contribution in [1.29, 1.82) is 0 Å². The molecule has 23 heavy (non-hydrogen) atoms. The molecule has 1 aliphatic heterocycles. The van der Waals surface area contributed by atoms with Gasteiger partial charge < -0.3 is 19.9 Å². The Bertz CT molecular complexity index is 394. The molecule has 1 heterocycles. The van der Waals surface area contributed by atoms with Crippen molar-refractivity contribution in [2.24, 2.45) is 0 Å². The van der Waals surface area contributed by atoms with Crippen LogP contribution >= 0.6 is 12.4 Å². The number of carbonyl (C=O) groups is 2. The minimum Gasteiger partial charge on any atom is -0.380 e. The second kappa shape index (κ2) is 12.1. The maximum Gasteiger partial charge on any atom is 0.240 e. The molecule has 0 radical (unpaired) electrons. The highest BCUT2D eigenvalue weighted by molar-refractivity contribution is 5.89. The largest absolute Gasteiger partial charge is 0.380 e. The number of nitrogens with zero attached hydrogens (tertiary/aromatic N) is 2. The molecule has 0 spiro atoms.